The summed E-state index contributed by atoms with van der Waals surface area (Å²) in [5.41, 5.74) is 8.98. The second-order valence-electron chi connectivity index (χ2n) is 11.0. The van der Waals surface area contributed by atoms with Crippen LogP contribution in [0.25, 0.3) is 16.6 Å². The van der Waals surface area contributed by atoms with Crippen molar-refractivity contribution in [3.8, 4) is 22.9 Å². The number of anilines is 2. The van der Waals surface area contributed by atoms with Crippen LogP contribution in [0.5, 0.6) is 17.2 Å². The molecule has 4 N–H and O–H groups in total. The van der Waals surface area contributed by atoms with E-state index in [0.29, 0.717) is 54.5 Å². The number of ketones is 1. The van der Waals surface area contributed by atoms with Gasteiger partial charge < -0.3 is 24.9 Å². The van der Waals surface area contributed by atoms with Crippen LogP contribution in [0.2, 0.25) is 0 Å². The molecule has 0 amide bonds. The number of carbonyl (C=O) groups excluding carboxylic acids is 1. The number of aromatic nitrogens is 3. The van der Waals surface area contributed by atoms with Crippen molar-refractivity contribution in [3.05, 3.63) is 89.5 Å². The lowest BCUT2D eigenvalue weighted by atomic mass is 10.1. The van der Waals surface area contributed by atoms with Gasteiger partial charge in [0.05, 0.1) is 48.3 Å². The summed E-state index contributed by atoms with van der Waals surface area (Å²) < 4.78 is 59.3. The molecule has 5 aromatic rings. The van der Waals surface area contributed by atoms with E-state index in [1.54, 1.807) is 48.5 Å². The Morgan fingerprint density at radius 3 is 2.63 bits per heavy atom. The van der Waals surface area contributed by atoms with Crippen LogP contribution < -0.4 is 19.9 Å². The van der Waals surface area contributed by atoms with Gasteiger partial charge in [0.15, 0.2) is 11.6 Å². The van der Waals surface area contributed by atoms with Crippen LogP contribution in [0.15, 0.2) is 66.9 Å². The van der Waals surface area contributed by atoms with E-state index in [1.165, 1.54) is 23.0 Å². The Hall–Kier alpha value is -4.92. The number of hydrogen-bond donors (Lipinski definition) is 3. The van der Waals surface area contributed by atoms with Crippen molar-refractivity contribution in [2.45, 2.75) is 6.92 Å². The zero-order chi connectivity index (χ0) is 32.4. The number of carbonyl (C=O) groups is 1. The number of rotatable bonds is 11. The van der Waals surface area contributed by atoms with E-state index in [2.05, 4.69) is 19.7 Å². The molecule has 0 radical (unpaired) electrons. The van der Waals surface area contributed by atoms with Gasteiger partial charge in [0.1, 0.15) is 23.9 Å². The summed E-state index contributed by atoms with van der Waals surface area (Å²) in [5.74, 6) is 0.127. The molecule has 12 nitrogen and oxygen atoms in total. The third-order valence-electron chi connectivity index (χ3n) is 7.54. The summed E-state index contributed by atoms with van der Waals surface area (Å²) in [6.07, 6.45) is 2.45. The molecule has 0 aliphatic carbocycles. The number of morpholine rings is 1. The minimum absolute atomic E-state index is 0.102. The predicted octanol–water partition coefficient (Wildman–Crippen LogP) is 4.49. The summed E-state index contributed by atoms with van der Waals surface area (Å²) in [6.45, 7) is 5.74. The number of H-pyrrole nitrogens is 1. The van der Waals surface area contributed by atoms with Crippen LogP contribution in [0.3, 0.4) is 0 Å². The van der Waals surface area contributed by atoms with Gasteiger partial charge in [0.25, 0.3) is 0 Å². The maximum Gasteiger partial charge on any atom is 0.229 e. The number of hydrogen-bond acceptors (Lipinski definition) is 9. The molecule has 3 aromatic carbocycles. The third kappa shape index (κ3) is 6.83. The molecule has 46 heavy (non-hydrogen) atoms. The monoisotopic (exact) mass is 648 g/mol. The summed E-state index contributed by atoms with van der Waals surface area (Å²) >= 11 is 0. The quantitative estimate of drug-likeness (QED) is 0.176. The van der Waals surface area contributed by atoms with Gasteiger partial charge in [-0.3, -0.25) is 14.4 Å². The Morgan fingerprint density at radius 2 is 1.89 bits per heavy atom. The number of nitrogen functional groups attached to an aromatic ring is 1. The molecule has 14 heteroatoms. The molecule has 0 saturated carbocycles. The smallest absolute Gasteiger partial charge is 0.229 e. The first-order valence-corrected chi connectivity index (χ1v) is 16.4. The third-order valence-corrected chi connectivity index (χ3v) is 8.13. The van der Waals surface area contributed by atoms with E-state index in [9.17, 15) is 17.6 Å². The Kier molecular flexibility index (Phi) is 8.67. The van der Waals surface area contributed by atoms with Gasteiger partial charge in [-0.25, -0.2) is 17.5 Å². The van der Waals surface area contributed by atoms with E-state index in [1.807, 2.05) is 6.92 Å². The van der Waals surface area contributed by atoms with Gasteiger partial charge >= 0.3 is 0 Å². The van der Waals surface area contributed by atoms with Crippen LogP contribution in [-0.2, 0) is 14.8 Å². The molecule has 1 aliphatic heterocycles. The largest absolute Gasteiger partial charge is 0.490 e. The molecular weight excluding hydrogens is 615 g/mol. The highest BCUT2D eigenvalue weighted by Gasteiger charge is 2.22. The number of fused-ring (bicyclic) bond motifs is 1. The van der Waals surface area contributed by atoms with Gasteiger partial charge in [-0.05, 0) is 61.0 Å². The SMILES string of the molecule is Cc1cc(Oc2ccccc2F)ccc1-n1ncc(C(=O)c2cc3cc(OCCN4CCOCC4)c(NS(C)(=O)=O)cc3[nH]2)c1N. The van der Waals surface area contributed by atoms with Crippen molar-refractivity contribution in [2.75, 3.05) is 56.2 Å². The van der Waals surface area contributed by atoms with Crippen molar-refractivity contribution in [2.24, 2.45) is 0 Å². The van der Waals surface area contributed by atoms with Crippen molar-refractivity contribution in [1.29, 1.82) is 0 Å². The first-order valence-electron chi connectivity index (χ1n) is 14.5. The minimum Gasteiger partial charge on any atom is -0.490 e. The number of benzene rings is 3. The molecule has 0 spiro atoms. The number of ether oxygens (including phenoxy) is 3. The number of aromatic amines is 1. The average Bonchev–Trinajstić information content (AvgIpc) is 3.61. The number of nitrogens with zero attached hydrogens (tertiary/aromatic N) is 3. The molecule has 6 rings (SSSR count). The average molecular weight is 649 g/mol. The zero-order valence-corrected chi connectivity index (χ0v) is 26.1. The minimum atomic E-state index is -3.61. The number of aryl methyl sites for hydroxylation is 1. The standard InChI is InChI=1S/C32H33FN6O6S/c1-20-15-22(45-29-6-4-3-5-24(29)33)7-8-28(20)39-32(34)23(19-35-39)31(40)27-16-21-17-30(44-14-11-38-9-12-43-13-10-38)26(18-25(21)36-27)37-46(2,41)42/h3-8,15-19,36-37H,9-14,34H2,1-2H3. The fourth-order valence-corrected chi connectivity index (χ4v) is 5.80. The molecule has 0 unspecified atom stereocenters. The fourth-order valence-electron chi connectivity index (χ4n) is 5.24. The summed E-state index contributed by atoms with van der Waals surface area (Å²) in [7, 11) is -3.61. The predicted molar refractivity (Wildman–Crippen MR) is 172 cm³/mol. The topological polar surface area (TPSA) is 154 Å². The number of nitrogens with two attached hydrogens (primary N) is 1. The molecule has 1 aliphatic rings. The second-order valence-corrected chi connectivity index (χ2v) is 12.7. The number of sulfonamides is 1. The van der Waals surface area contributed by atoms with E-state index in [-0.39, 0.29) is 28.5 Å². The Morgan fingerprint density at radius 1 is 1.11 bits per heavy atom. The number of halogens is 1. The summed E-state index contributed by atoms with van der Waals surface area (Å²) in [4.78, 5) is 18.9. The molecule has 0 atom stereocenters. The van der Waals surface area contributed by atoms with Crippen LogP contribution in [-0.4, -0.2) is 79.6 Å². The Bertz CT molecular complexity index is 2020. The van der Waals surface area contributed by atoms with E-state index in [0.717, 1.165) is 24.9 Å². The molecule has 0 bridgehead atoms. The molecule has 3 heterocycles. The fraction of sp³-hybridized carbons (Fsp3) is 0.250. The first kappa shape index (κ1) is 31.1. The summed E-state index contributed by atoms with van der Waals surface area (Å²) in [5, 5.41) is 5.01. The van der Waals surface area contributed by atoms with Crippen LogP contribution in [0.4, 0.5) is 15.9 Å². The van der Waals surface area contributed by atoms with Crippen LogP contribution in [0, 0.1) is 12.7 Å². The molecule has 1 fully saturated rings. The van der Waals surface area contributed by atoms with Crippen molar-refractivity contribution in [3.63, 3.8) is 0 Å². The molecule has 1 saturated heterocycles. The normalized spacial score (nSPS) is 14.0. The summed E-state index contributed by atoms with van der Waals surface area (Å²) in [6, 6.07) is 16.2. The van der Waals surface area contributed by atoms with Gasteiger partial charge in [-0.15, -0.1) is 0 Å². The van der Waals surface area contributed by atoms with E-state index in [4.69, 9.17) is 19.9 Å². The molecule has 2 aromatic heterocycles. The molecule has 240 valence electrons. The van der Waals surface area contributed by atoms with Crippen molar-refractivity contribution < 1.29 is 31.8 Å². The lowest BCUT2D eigenvalue weighted by Crippen LogP contribution is -2.38. The first-order chi connectivity index (χ1) is 22.1. The van der Waals surface area contributed by atoms with Gasteiger partial charge in [-0.1, -0.05) is 12.1 Å². The highest BCUT2D eigenvalue weighted by Crippen LogP contribution is 2.33. The maximum absolute atomic E-state index is 14.0. The van der Waals surface area contributed by atoms with Gasteiger partial charge in [0, 0.05) is 30.5 Å². The highest BCUT2D eigenvalue weighted by atomic mass is 32.2. The van der Waals surface area contributed by atoms with Gasteiger partial charge in [-0.2, -0.15) is 5.10 Å². The second kappa shape index (κ2) is 12.8. The van der Waals surface area contributed by atoms with Crippen molar-refractivity contribution in [1.82, 2.24) is 19.7 Å². The number of nitrogens with one attached hydrogen (secondary N) is 2. The van der Waals surface area contributed by atoms with E-state index < -0.39 is 21.6 Å². The van der Waals surface area contributed by atoms with Crippen LogP contribution >= 0.6 is 0 Å². The Balaban J connectivity index is 1.23. The van der Waals surface area contributed by atoms with Gasteiger partial charge in [0.2, 0.25) is 15.8 Å². The molecular formula is C32H33FN6O6S. The lowest BCUT2D eigenvalue weighted by Gasteiger charge is -2.26. The lowest BCUT2D eigenvalue weighted by molar-refractivity contribution is 0.0323. The van der Waals surface area contributed by atoms with Crippen molar-refractivity contribution >= 4 is 38.2 Å². The van der Waals surface area contributed by atoms with Crippen LogP contribution in [0.1, 0.15) is 21.6 Å². The van der Waals surface area contributed by atoms with E-state index >= 15 is 0 Å². The maximum atomic E-state index is 14.0. The number of para-hydroxylation sites is 1. The zero-order valence-electron chi connectivity index (χ0n) is 25.2. The Labute approximate surface area is 264 Å². The highest BCUT2D eigenvalue weighted by molar-refractivity contribution is 7.92.